The molecule has 1 heterocycles. The fraction of sp³-hybridized carbons (Fsp3) is 0.182. The molecule has 17 heavy (non-hydrogen) atoms. The number of para-hydroxylation sites is 1. The zero-order valence-corrected chi connectivity index (χ0v) is 9.32. The summed E-state index contributed by atoms with van der Waals surface area (Å²) in [6.07, 6.45) is 3.07. The molecule has 0 saturated carbocycles. The molecule has 5 nitrogen and oxygen atoms in total. The monoisotopic (exact) mass is 231 g/mol. The van der Waals surface area contributed by atoms with E-state index in [0.29, 0.717) is 12.0 Å². The molecule has 2 rings (SSSR count). The number of nitrogens with one attached hydrogen (secondary N) is 1. The molecule has 0 aliphatic rings. The summed E-state index contributed by atoms with van der Waals surface area (Å²) in [5.41, 5.74) is 1.46. The third-order valence-corrected chi connectivity index (χ3v) is 2.40. The highest BCUT2D eigenvalue weighted by atomic mass is 16.4. The van der Waals surface area contributed by atoms with Crippen LogP contribution in [0.15, 0.2) is 42.7 Å². The lowest BCUT2D eigenvalue weighted by Crippen LogP contribution is -2.28. The number of hydrogen-bond donors (Lipinski definition) is 3. The van der Waals surface area contributed by atoms with E-state index in [0.717, 1.165) is 12.2 Å². The quantitative estimate of drug-likeness (QED) is 0.616. The Morgan fingerprint density at radius 3 is 2.65 bits per heavy atom. The van der Waals surface area contributed by atoms with Crippen LogP contribution in [0.1, 0.15) is 0 Å². The largest absolute Gasteiger partial charge is 0.491 e. The lowest BCUT2D eigenvalue weighted by Gasteiger charge is -2.05. The van der Waals surface area contributed by atoms with E-state index in [9.17, 15) is 0 Å². The van der Waals surface area contributed by atoms with Crippen molar-refractivity contribution >= 4 is 18.3 Å². The Labute approximate surface area is 99.9 Å². The maximum atomic E-state index is 8.93. The summed E-state index contributed by atoms with van der Waals surface area (Å²) in [5.74, 6) is 0. The zero-order chi connectivity index (χ0) is 12.1. The second-order valence-corrected chi connectivity index (χ2v) is 3.70. The molecule has 0 fully saturated rings. The van der Waals surface area contributed by atoms with Crippen molar-refractivity contribution in [2.75, 3.05) is 11.9 Å². The van der Waals surface area contributed by atoms with Gasteiger partial charge in [0, 0.05) is 30.1 Å². The summed E-state index contributed by atoms with van der Waals surface area (Å²) in [7, 11) is -1.45. The van der Waals surface area contributed by atoms with Crippen LogP contribution in [0.4, 0.5) is 5.69 Å². The van der Waals surface area contributed by atoms with Crippen LogP contribution < -0.4 is 10.8 Å². The van der Waals surface area contributed by atoms with Gasteiger partial charge in [0.2, 0.25) is 0 Å². The number of anilines is 1. The van der Waals surface area contributed by atoms with E-state index < -0.39 is 7.12 Å². The Hall–Kier alpha value is -1.79. The minimum Gasteiger partial charge on any atom is -0.423 e. The van der Waals surface area contributed by atoms with Gasteiger partial charge in [0.05, 0.1) is 6.54 Å². The number of hydrogen-bond acceptors (Lipinski definition) is 4. The molecule has 1 aromatic carbocycles. The number of aromatic nitrogens is 2. The van der Waals surface area contributed by atoms with E-state index in [1.165, 1.54) is 6.20 Å². The second-order valence-electron chi connectivity index (χ2n) is 3.70. The molecule has 0 saturated heterocycles. The van der Waals surface area contributed by atoms with Gasteiger partial charge in [0.1, 0.15) is 0 Å². The standard InChI is InChI=1S/C11H14BN3O2/c16-12(17)10-8-14-15(9-10)7-6-13-11-4-2-1-3-5-11/h1-5,8-9,13,16-17H,6-7H2. The van der Waals surface area contributed by atoms with Gasteiger partial charge in [-0.1, -0.05) is 18.2 Å². The summed E-state index contributed by atoms with van der Waals surface area (Å²) < 4.78 is 1.67. The molecule has 0 unspecified atom stereocenters. The van der Waals surface area contributed by atoms with Crippen LogP contribution in [-0.2, 0) is 6.54 Å². The topological polar surface area (TPSA) is 70.3 Å². The average Bonchev–Trinajstić information content (AvgIpc) is 2.79. The first kappa shape index (κ1) is 11.7. The van der Waals surface area contributed by atoms with Crippen molar-refractivity contribution in [3.05, 3.63) is 42.7 Å². The van der Waals surface area contributed by atoms with Crippen molar-refractivity contribution < 1.29 is 10.0 Å². The average molecular weight is 231 g/mol. The molecule has 3 N–H and O–H groups in total. The predicted molar refractivity (Wildman–Crippen MR) is 67.0 cm³/mol. The van der Waals surface area contributed by atoms with Crippen LogP contribution in [0.5, 0.6) is 0 Å². The smallest absolute Gasteiger partial charge is 0.423 e. The maximum Gasteiger partial charge on any atom is 0.491 e. The molecule has 0 spiro atoms. The van der Waals surface area contributed by atoms with Crippen molar-refractivity contribution in [2.45, 2.75) is 6.54 Å². The van der Waals surface area contributed by atoms with Gasteiger partial charge < -0.3 is 15.4 Å². The van der Waals surface area contributed by atoms with Gasteiger partial charge >= 0.3 is 7.12 Å². The Balaban J connectivity index is 1.82. The van der Waals surface area contributed by atoms with Gasteiger partial charge in [0.25, 0.3) is 0 Å². The van der Waals surface area contributed by atoms with Gasteiger partial charge in [0.15, 0.2) is 0 Å². The minimum absolute atomic E-state index is 0.407. The molecule has 0 atom stereocenters. The molecule has 0 aliphatic carbocycles. The molecular formula is C11H14BN3O2. The van der Waals surface area contributed by atoms with Gasteiger partial charge in [-0.3, -0.25) is 4.68 Å². The Bertz CT molecular complexity index is 459. The Morgan fingerprint density at radius 1 is 1.24 bits per heavy atom. The highest BCUT2D eigenvalue weighted by Crippen LogP contribution is 2.03. The van der Waals surface area contributed by atoms with E-state index >= 15 is 0 Å². The van der Waals surface area contributed by atoms with Crippen LogP contribution in [0.25, 0.3) is 0 Å². The molecule has 2 aromatic rings. The minimum atomic E-state index is -1.45. The van der Waals surface area contributed by atoms with Crippen LogP contribution in [0, 0.1) is 0 Å². The van der Waals surface area contributed by atoms with Gasteiger partial charge in [-0.25, -0.2) is 0 Å². The maximum absolute atomic E-state index is 8.93. The first-order chi connectivity index (χ1) is 8.25. The number of nitrogens with zero attached hydrogens (tertiary/aromatic N) is 2. The summed E-state index contributed by atoms with van der Waals surface area (Å²) in [6, 6.07) is 9.89. The highest BCUT2D eigenvalue weighted by Gasteiger charge is 2.12. The van der Waals surface area contributed by atoms with E-state index in [-0.39, 0.29) is 0 Å². The van der Waals surface area contributed by atoms with Crippen molar-refractivity contribution in [2.24, 2.45) is 0 Å². The van der Waals surface area contributed by atoms with E-state index in [1.807, 2.05) is 30.3 Å². The zero-order valence-electron chi connectivity index (χ0n) is 9.32. The molecule has 0 aliphatic heterocycles. The summed E-state index contributed by atoms with van der Waals surface area (Å²) in [5, 5.41) is 25.1. The van der Waals surface area contributed by atoms with E-state index in [1.54, 1.807) is 10.9 Å². The van der Waals surface area contributed by atoms with Crippen molar-refractivity contribution in [3.63, 3.8) is 0 Å². The Morgan fingerprint density at radius 2 is 2.00 bits per heavy atom. The molecule has 0 bridgehead atoms. The Kier molecular flexibility index (Phi) is 3.79. The lowest BCUT2D eigenvalue weighted by molar-refractivity contribution is 0.425. The van der Waals surface area contributed by atoms with Gasteiger partial charge in [-0.2, -0.15) is 5.10 Å². The second kappa shape index (κ2) is 5.52. The molecule has 1 aromatic heterocycles. The SMILES string of the molecule is OB(O)c1cnn(CCNc2ccccc2)c1. The van der Waals surface area contributed by atoms with Crippen LogP contribution in [0.3, 0.4) is 0 Å². The van der Waals surface area contributed by atoms with Crippen molar-refractivity contribution in [3.8, 4) is 0 Å². The third-order valence-electron chi connectivity index (χ3n) is 2.40. The third kappa shape index (κ3) is 3.34. The van der Waals surface area contributed by atoms with Gasteiger partial charge in [-0.15, -0.1) is 0 Å². The fourth-order valence-electron chi connectivity index (χ4n) is 1.51. The van der Waals surface area contributed by atoms with Crippen LogP contribution in [0.2, 0.25) is 0 Å². The predicted octanol–water partition coefficient (Wildman–Crippen LogP) is -0.325. The summed E-state index contributed by atoms with van der Waals surface area (Å²) in [4.78, 5) is 0. The van der Waals surface area contributed by atoms with Crippen molar-refractivity contribution in [1.82, 2.24) is 9.78 Å². The fourth-order valence-corrected chi connectivity index (χ4v) is 1.51. The van der Waals surface area contributed by atoms with Crippen LogP contribution >= 0.6 is 0 Å². The first-order valence-electron chi connectivity index (χ1n) is 5.43. The van der Waals surface area contributed by atoms with E-state index in [4.69, 9.17) is 10.0 Å². The molecule has 0 radical (unpaired) electrons. The number of rotatable bonds is 5. The van der Waals surface area contributed by atoms with E-state index in [2.05, 4.69) is 10.4 Å². The summed E-state index contributed by atoms with van der Waals surface area (Å²) in [6.45, 7) is 1.40. The molecule has 88 valence electrons. The normalized spacial score (nSPS) is 10.2. The number of benzene rings is 1. The van der Waals surface area contributed by atoms with Gasteiger partial charge in [-0.05, 0) is 12.1 Å². The highest BCUT2D eigenvalue weighted by molar-refractivity contribution is 6.58. The van der Waals surface area contributed by atoms with Crippen LogP contribution in [-0.4, -0.2) is 33.5 Å². The summed E-state index contributed by atoms with van der Waals surface area (Å²) >= 11 is 0. The first-order valence-corrected chi connectivity index (χ1v) is 5.43. The molecular weight excluding hydrogens is 217 g/mol. The molecule has 0 amide bonds. The lowest BCUT2D eigenvalue weighted by atomic mass is 9.83. The van der Waals surface area contributed by atoms with Crippen molar-refractivity contribution in [1.29, 1.82) is 0 Å². The molecule has 6 heteroatoms.